The number of benzene rings is 1. The molecule has 1 heterocycles. The quantitative estimate of drug-likeness (QED) is 0.729. The third-order valence-corrected chi connectivity index (χ3v) is 2.24. The van der Waals surface area contributed by atoms with Crippen LogP contribution in [0.2, 0.25) is 0 Å². The van der Waals surface area contributed by atoms with Crippen molar-refractivity contribution in [3.8, 4) is 0 Å². The predicted octanol–water partition coefficient (Wildman–Crippen LogP) is 3.61. The first-order chi connectivity index (χ1) is 7.11. The summed E-state index contributed by atoms with van der Waals surface area (Å²) in [6.45, 7) is 1.58. The minimum atomic E-state index is -1.37. The van der Waals surface area contributed by atoms with Gasteiger partial charge in [0.25, 0.3) is 0 Å². The Morgan fingerprint density at radius 3 is 2.67 bits per heavy atom. The van der Waals surface area contributed by atoms with Crippen molar-refractivity contribution < 1.29 is 8.78 Å². The third kappa shape index (κ3) is 1.61. The van der Waals surface area contributed by atoms with Crippen LogP contribution in [0.15, 0.2) is 29.6 Å². The van der Waals surface area contributed by atoms with Crippen LogP contribution in [-0.2, 0) is 0 Å². The minimum absolute atomic E-state index is 0.351. The van der Waals surface area contributed by atoms with Gasteiger partial charge in [0.15, 0.2) is 0 Å². The van der Waals surface area contributed by atoms with Crippen molar-refractivity contribution in [3.05, 3.63) is 35.4 Å². The van der Waals surface area contributed by atoms with E-state index in [9.17, 15) is 8.78 Å². The molecule has 0 radical (unpaired) electrons. The van der Waals surface area contributed by atoms with Gasteiger partial charge in [0, 0.05) is 0 Å². The number of rotatable bonds is 1. The first kappa shape index (κ1) is 10.1. The van der Waals surface area contributed by atoms with Gasteiger partial charge in [-0.25, -0.2) is 4.98 Å². The molecule has 0 fully saturated rings. The van der Waals surface area contributed by atoms with E-state index in [1.807, 2.05) is 0 Å². The summed E-state index contributed by atoms with van der Waals surface area (Å²) < 4.78 is 27.0. The van der Waals surface area contributed by atoms with Crippen molar-refractivity contribution >= 4 is 28.6 Å². The molecule has 0 aliphatic carbocycles. The van der Waals surface area contributed by atoms with E-state index in [-0.39, 0.29) is 0 Å². The molecule has 0 saturated carbocycles. The lowest BCUT2D eigenvalue weighted by Gasteiger charge is -2.01. The zero-order chi connectivity index (χ0) is 11.0. The highest BCUT2D eigenvalue weighted by atomic mass is 35.5. The van der Waals surface area contributed by atoms with E-state index in [0.29, 0.717) is 16.9 Å². The molecule has 0 saturated heterocycles. The molecule has 15 heavy (non-hydrogen) atoms. The second-order valence-corrected chi connectivity index (χ2v) is 3.37. The number of nitrogens with zero attached hydrogens (tertiary/aromatic N) is 2. The summed E-state index contributed by atoms with van der Waals surface area (Å²) in [7, 11) is 0. The second kappa shape index (κ2) is 3.62. The van der Waals surface area contributed by atoms with Crippen molar-refractivity contribution in [1.82, 2.24) is 9.55 Å². The minimum Gasteiger partial charge on any atom is -0.269 e. The number of para-hydroxylation sites is 2. The van der Waals surface area contributed by atoms with Gasteiger partial charge in [0.2, 0.25) is 11.2 Å². The fraction of sp³-hybridized carbons (Fsp3) is 0.100. The van der Waals surface area contributed by atoms with Crippen molar-refractivity contribution in [2.45, 2.75) is 6.92 Å². The lowest BCUT2D eigenvalue weighted by Crippen LogP contribution is -1.95. The largest absolute Gasteiger partial charge is 0.269 e. The van der Waals surface area contributed by atoms with Crippen molar-refractivity contribution in [3.63, 3.8) is 0 Å². The highest BCUT2D eigenvalue weighted by Gasteiger charge is 2.13. The molecule has 0 unspecified atom stereocenters. The van der Waals surface area contributed by atoms with Gasteiger partial charge in [-0.05, 0) is 30.7 Å². The molecule has 2 nitrogen and oxygen atoms in total. The van der Waals surface area contributed by atoms with Gasteiger partial charge >= 0.3 is 0 Å². The third-order valence-electron chi connectivity index (χ3n) is 2.08. The maximum absolute atomic E-state index is 13.4. The Labute approximate surface area is 89.8 Å². The fourth-order valence-corrected chi connectivity index (χ4v) is 1.56. The van der Waals surface area contributed by atoms with Crippen molar-refractivity contribution in [1.29, 1.82) is 0 Å². The number of aromatic nitrogens is 2. The normalized spacial score (nSPS) is 13.1. The first-order valence-corrected chi connectivity index (χ1v) is 4.64. The molecule has 0 aliphatic rings. The van der Waals surface area contributed by atoms with E-state index < -0.39 is 11.2 Å². The second-order valence-electron chi connectivity index (χ2n) is 3.03. The number of hydrogen-bond acceptors (Lipinski definition) is 1. The summed E-state index contributed by atoms with van der Waals surface area (Å²) in [4.78, 5) is 4.08. The monoisotopic (exact) mass is 228 g/mol. The van der Waals surface area contributed by atoms with E-state index >= 15 is 0 Å². The van der Waals surface area contributed by atoms with Crippen LogP contribution >= 0.6 is 11.6 Å². The van der Waals surface area contributed by atoms with Gasteiger partial charge in [0.1, 0.15) is 5.82 Å². The van der Waals surface area contributed by atoms with E-state index in [1.165, 1.54) is 0 Å². The summed E-state index contributed by atoms with van der Waals surface area (Å²) in [6, 6.07) is 6.87. The molecule has 0 atom stereocenters. The Morgan fingerprint density at radius 1 is 1.33 bits per heavy atom. The summed E-state index contributed by atoms with van der Waals surface area (Å²) in [5, 5.41) is -1.37. The number of hydrogen-bond donors (Lipinski definition) is 0. The Kier molecular flexibility index (Phi) is 2.44. The maximum Gasteiger partial charge on any atom is 0.247 e. The van der Waals surface area contributed by atoms with Gasteiger partial charge in [-0.3, -0.25) is 4.57 Å². The van der Waals surface area contributed by atoms with Crippen molar-refractivity contribution in [2.24, 2.45) is 0 Å². The van der Waals surface area contributed by atoms with Crippen LogP contribution in [-0.4, -0.2) is 9.55 Å². The molecule has 2 aromatic rings. The molecule has 5 heteroatoms. The summed E-state index contributed by atoms with van der Waals surface area (Å²) >= 11 is 4.98. The van der Waals surface area contributed by atoms with E-state index in [0.717, 1.165) is 4.57 Å². The summed E-state index contributed by atoms with van der Waals surface area (Å²) in [5.74, 6) is -0.785. The van der Waals surface area contributed by atoms with Crippen molar-refractivity contribution in [2.75, 3.05) is 0 Å². The highest BCUT2D eigenvalue weighted by Crippen LogP contribution is 2.25. The first-order valence-electron chi connectivity index (χ1n) is 4.26. The van der Waals surface area contributed by atoms with Crippen LogP contribution in [0.3, 0.4) is 0 Å². The molecular formula is C10H7ClF2N2. The van der Waals surface area contributed by atoms with Crippen LogP contribution in [0.1, 0.15) is 5.82 Å². The van der Waals surface area contributed by atoms with Crippen LogP contribution in [0.4, 0.5) is 8.78 Å². The van der Waals surface area contributed by atoms with E-state index in [2.05, 4.69) is 4.98 Å². The number of aryl methyl sites for hydroxylation is 1. The average molecular weight is 229 g/mol. The standard InChI is InChI=1S/C10H7ClF2N2/c1-6-14-7-4-2-3-5-8(7)15(6)10(13)9(11)12/h2-5H,1H3/b10-9-. The highest BCUT2D eigenvalue weighted by molar-refractivity contribution is 6.30. The Hall–Kier alpha value is -1.42. The van der Waals surface area contributed by atoms with Crippen LogP contribution in [0.25, 0.3) is 17.0 Å². The molecule has 2 rings (SSSR count). The van der Waals surface area contributed by atoms with Gasteiger partial charge in [0.05, 0.1) is 11.0 Å². The topological polar surface area (TPSA) is 17.8 Å². The SMILES string of the molecule is Cc1nc2ccccc2n1/C(F)=C(\F)Cl. The van der Waals surface area contributed by atoms with Gasteiger partial charge < -0.3 is 0 Å². The smallest absolute Gasteiger partial charge is 0.247 e. The van der Waals surface area contributed by atoms with Crippen LogP contribution in [0.5, 0.6) is 0 Å². The lowest BCUT2D eigenvalue weighted by atomic mass is 10.3. The molecule has 0 spiro atoms. The molecule has 1 aromatic heterocycles. The Balaban J connectivity index is 2.81. The van der Waals surface area contributed by atoms with Gasteiger partial charge in [-0.2, -0.15) is 8.78 Å². The molecule has 1 aromatic carbocycles. The number of imidazole rings is 1. The fourth-order valence-electron chi connectivity index (χ4n) is 1.48. The van der Waals surface area contributed by atoms with E-state index in [1.54, 1.807) is 31.2 Å². The van der Waals surface area contributed by atoms with Gasteiger partial charge in [-0.1, -0.05) is 12.1 Å². The Morgan fingerprint density at radius 2 is 2.00 bits per heavy atom. The molecule has 78 valence electrons. The Bertz CT molecular complexity index is 541. The number of fused-ring (bicyclic) bond motifs is 1. The predicted molar refractivity (Wildman–Crippen MR) is 55.8 cm³/mol. The van der Waals surface area contributed by atoms with Gasteiger partial charge in [-0.15, -0.1) is 0 Å². The molecule has 0 amide bonds. The average Bonchev–Trinajstić information content (AvgIpc) is 2.52. The maximum atomic E-state index is 13.4. The molecule has 0 bridgehead atoms. The lowest BCUT2D eigenvalue weighted by molar-refractivity contribution is 0.613. The zero-order valence-electron chi connectivity index (χ0n) is 7.84. The van der Waals surface area contributed by atoms with E-state index in [4.69, 9.17) is 11.6 Å². The zero-order valence-corrected chi connectivity index (χ0v) is 8.59. The summed E-state index contributed by atoms with van der Waals surface area (Å²) in [5.41, 5.74) is 1.09. The van der Waals surface area contributed by atoms with Crippen LogP contribution < -0.4 is 0 Å². The number of halogens is 3. The molecular weight excluding hydrogens is 222 g/mol. The van der Waals surface area contributed by atoms with Crippen LogP contribution in [0, 0.1) is 6.92 Å². The molecule has 0 N–H and O–H groups in total. The molecule has 0 aliphatic heterocycles. The summed E-state index contributed by atoms with van der Waals surface area (Å²) in [6.07, 6.45) is 0.